The molecule has 6 heteroatoms. The van der Waals surface area contributed by atoms with Crippen molar-refractivity contribution in [2.24, 2.45) is 0 Å². The van der Waals surface area contributed by atoms with Crippen LogP contribution in [0.3, 0.4) is 0 Å². The van der Waals surface area contributed by atoms with Gasteiger partial charge in [0.25, 0.3) is 0 Å². The first kappa shape index (κ1) is 13.4. The van der Waals surface area contributed by atoms with Crippen molar-refractivity contribution in [3.63, 3.8) is 0 Å². The summed E-state index contributed by atoms with van der Waals surface area (Å²) < 4.78 is 5.23. The molecule has 1 aromatic heterocycles. The molecule has 1 N–H and O–H groups in total. The molecule has 1 heterocycles. The van der Waals surface area contributed by atoms with Gasteiger partial charge in [-0.1, -0.05) is 11.8 Å². The van der Waals surface area contributed by atoms with Crippen LogP contribution in [0.4, 0.5) is 0 Å². The lowest BCUT2D eigenvalue weighted by molar-refractivity contribution is 0.0696. The predicted molar refractivity (Wildman–Crippen MR) is 71.5 cm³/mol. The zero-order valence-electron chi connectivity index (χ0n) is 10.2. The lowest BCUT2D eigenvalue weighted by Gasteiger charge is -2.08. The normalized spacial score (nSPS) is 10.2. The van der Waals surface area contributed by atoms with Gasteiger partial charge in [-0.15, -0.1) is 0 Å². The average Bonchev–Trinajstić information content (AvgIpc) is 2.45. The van der Waals surface area contributed by atoms with E-state index in [-0.39, 0.29) is 5.56 Å². The summed E-state index contributed by atoms with van der Waals surface area (Å²) in [5.74, 6) is 0.290. The molecule has 0 unspecified atom stereocenters. The molecule has 0 radical (unpaired) electrons. The Balaban J connectivity index is 2.18. The first-order valence-corrected chi connectivity index (χ1v) is 6.48. The Kier molecular flexibility index (Phi) is 4.35. The lowest BCUT2D eigenvalue weighted by Crippen LogP contribution is -1.99. The van der Waals surface area contributed by atoms with Gasteiger partial charge in [0.05, 0.1) is 18.9 Å². The first-order chi connectivity index (χ1) is 9.20. The number of benzene rings is 1. The van der Waals surface area contributed by atoms with Gasteiger partial charge in [-0.25, -0.2) is 9.78 Å². The molecule has 0 bridgehead atoms. The van der Waals surface area contributed by atoms with Gasteiger partial charge in [-0.2, -0.15) is 0 Å². The van der Waals surface area contributed by atoms with Crippen LogP contribution in [0.25, 0.3) is 0 Å². The molecule has 2 rings (SSSR count). The third kappa shape index (κ3) is 3.45. The summed E-state index contributed by atoms with van der Waals surface area (Å²) in [7, 11) is 1.56. The molecule has 5 nitrogen and oxygen atoms in total. The van der Waals surface area contributed by atoms with Crippen molar-refractivity contribution in [3.8, 4) is 5.75 Å². The lowest BCUT2D eigenvalue weighted by atomic mass is 10.1. The summed E-state index contributed by atoms with van der Waals surface area (Å²) in [4.78, 5) is 19.1. The number of thioether (sulfide) groups is 1. The molecule has 0 saturated carbocycles. The highest BCUT2D eigenvalue weighted by atomic mass is 32.2. The van der Waals surface area contributed by atoms with E-state index < -0.39 is 5.97 Å². The first-order valence-electron chi connectivity index (χ1n) is 5.49. The van der Waals surface area contributed by atoms with Gasteiger partial charge in [-0.3, -0.25) is 4.98 Å². The molecule has 0 atom stereocenters. The Morgan fingerprint density at radius 1 is 1.42 bits per heavy atom. The number of aromatic nitrogens is 2. The number of carbonyl (C=O) groups is 1. The van der Waals surface area contributed by atoms with E-state index in [0.29, 0.717) is 11.5 Å². The van der Waals surface area contributed by atoms with Gasteiger partial charge < -0.3 is 9.84 Å². The molecule has 1 aromatic carbocycles. The number of ether oxygens (including phenoxy) is 1. The number of carboxylic acids is 1. The standard InChI is InChI=1S/C13H12N2O3S/c1-18-11-3-2-9(13(16)17)6-10(11)8-19-12-7-14-4-5-15-12/h2-7H,8H2,1H3,(H,16,17). The third-order valence-electron chi connectivity index (χ3n) is 2.44. The van der Waals surface area contributed by atoms with Crippen LogP contribution in [-0.2, 0) is 5.75 Å². The van der Waals surface area contributed by atoms with E-state index in [1.165, 1.54) is 17.8 Å². The van der Waals surface area contributed by atoms with Crippen LogP contribution in [0, 0.1) is 0 Å². The van der Waals surface area contributed by atoms with Crippen LogP contribution in [0.1, 0.15) is 15.9 Å². The highest BCUT2D eigenvalue weighted by Gasteiger charge is 2.09. The van der Waals surface area contributed by atoms with E-state index >= 15 is 0 Å². The fraction of sp³-hybridized carbons (Fsp3) is 0.154. The van der Waals surface area contributed by atoms with E-state index in [9.17, 15) is 4.79 Å². The molecule has 0 fully saturated rings. The molecule has 19 heavy (non-hydrogen) atoms. The number of nitrogens with zero attached hydrogens (tertiary/aromatic N) is 2. The van der Waals surface area contributed by atoms with Gasteiger partial charge in [0.1, 0.15) is 10.8 Å². The fourth-order valence-electron chi connectivity index (χ4n) is 1.54. The van der Waals surface area contributed by atoms with Gasteiger partial charge in [0, 0.05) is 23.7 Å². The third-order valence-corrected chi connectivity index (χ3v) is 3.40. The van der Waals surface area contributed by atoms with Gasteiger partial charge >= 0.3 is 5.97 Å². The van der Waals surface area contributed by atoms with Crippen LogP contribution >= 0.6 is 11.8 Å². The summed E-state index contributed by atoms with van der Waals surface area (Å²) >= 11 is 1.48. The van der Waals surface area contributed by atoms with Crippen molar-refractivity contribution >= 4 is 17.7 Å². The van der Waals surface area contributed by atoms with Crippen molar-refractivity contribution in [2.45, 2.75) is 10.8 Å². The summed E-state index contributed by atoms with van der Waals surface area (Å²) in [6.07, 6.45) is 4.89. The molecule has 2 aromatic rings. The van der Waals surface area contributed by atoms with Crippen LogP contribution < -0.4 is 4.74 Å². The number of rotatable bonds is 5. The van der Waals surface area contributed by atoms with E-state index in [0.717, 1.165) is 10.6 Å². The van der Waals surface area contributed by atoms with Crippen LogP contribution in [-0.4, -0.2) is 28.2 Å². The fourth-order valence-corrected chi connectivity index (χ4v) is 2.34. The number of hydrogen-bond donors (Lipinski definition) is 1. The van der Waals surface area contributed by atoms with Crippen molar-refractivity contribution in [1.29, 1.82) is 0 Å². The molecule has 0 amide bonds. The smallest absolute Gasteiger partial charge is 0.335 e. The zero-order chi connectivity index (χ0) is 13.7. The molecule has 0 spiro atoms. The summed E-state index contributed by atoms with van der Waals surface area (Å²) in [6.45, 7) is 0. The van der Waals surface area contributed by atoms with E-state index in [4.69, 9.17) is 9.84 Å². The minimum absolute atomic E-state index is 0.246. The summed E-state index contributed by atoms with van der Waals surface area (Å²) in [6, 6.07) is 4.80. The Hall–Kier alpha value is -2.08. The number of methoxy groups -OCH3 is 1. The maximum absolute atomic E-state index is 11.0. The summed E-state index contributed by atoms with van der Waals surface area (Å²) in [5.41, 5.74) is 1.06. The van der Waals surface area contributed by atoms with Crippen molar-refractivity contribution in [3.05, 3.63) is 47.9 Å². The quantitative estimate of drug-likeness (QED) is 0.846. The van der Waals surface area contributed by atoms with E-state index in [1.54, 1.807) is 37.8 Å². The Morgan fingerprint density at radius 3 is 2.89 bits per heavy atom. The molecule has 98 valence electrons. The van der Waals surface area contributed by atoms with Crippen LogP contribution in [0.5, 0.6) is 5.75 Å². The zero-order valence-corrected chi connectivity index (χ0v) is 11.1. The van der Waals surface area contributed by atoms with E-state index in [1.807, 2.05) is 0 Å². The molecular weight excluding hydrogens is 264 g/mol. The Labute approximate surface area is 114 Å². The molecule has 0 saturated heterocycles. The largest absolute Gasteiger partial charge is 0.496 e. The molecular formula is C13H12N2O3S. The number of aromatic carboxylic acids is 1. The van der Waals surface area contributed by atoms with Crippen molar-refractivity contribution < 1.29 is 14.6 Å². The second kappa shape index (κ2) is 6.19. The second-order valence-corrected chi connectivity index (χ2v) is 4.66. The monoisotopic (exact) mass is 276 g/mol. The maximum atomic E-state index is 11.0. The predicted octanol–water partition coefficient (Wildman–Crippen LogP) is 2.48. The van der Waals surface area contributed by atoms with Gasteiger partial charge in [0.2, 0.25) is 0 Å². The van der Waals surface area contributed by atoms with Crippen LogP contribution in [0.2, 0.25) is 0 Å². The van der Waals surface area contributed by atoms with Crippen LogP contribution in [0.15, 0.2) is 41.8 Å². The minimum atomic E-state index is -0.951. The minimum Gasteiger partial charge on any atom is -0.496 e. The van der Waals surface area contributed by atoms with Crippen molar-refractivity contribution in [2.75, 3.05) is 7.11 Å². The number of hydrogen-bond acceptors (Lipinski definition) is 5. The van der Waals surface area contributed by atoms with Crippen molar-refractivity contribution in [1.82, 2.24) is 9.97 Å². The highest BCUT2D eigenvalue weighted by Crippen LogP contribution is 2.27. The molecule has 0 aliphatic heterocycles. The Morgan fingerprint density at radius 2 is 2.26 bits per heavy atom. The highest BCUT2D eigenvalue weighted by molar-refractivity contribution is 7.98. The van der Waals surface area contributed by atoms with E-state index in [2.05, 4.69) is 9.97 Å². The SMILES string of the molecule is COc1ccc(C(=O)O)cc1CSc1cnccn1. The number of carboxylic acid groups (broad SMARTS) is 1. The van der Waals surface area contributed by atoms with Gasteiger partial charge in [-0.05, 0) is 18.2 Å². The molecule has 0 aliphatic rings. The Bertz CT molecular complexity index is 575. The second-order valence-electron chi connectivity index (χ2n) is 3.66. The summed E-state index contributed by atoms with van der Waals surface area (Å²) in [5, 5.41) is 9.77. The van der Waals surface area contributed by atoms with Gasteiger partial charge in [0.15, 0.2) is 0 Å². The average molecular weight is 276 g/mol. The maximum Gasteiger partial charge on any atom is 0.335 e. The molecule has 0 aliphatic carbocycles. The topological polar surface area (TPSA) is 72.3 Å².